The van der Waals surface area contributed by atoms with E-state index in [1.165, 1.54) is 0 Å². The molecule has 31 heavy (non-hydrogen) atoms. The molecule has 0 unspecified atom stereocenters. The molecular weight excluding hydrogens is 478 g/mol. The number of hydrogen-bond donors (Lipinski definition) is 8. The maximum atomic E-state index is 10.5. The molecule has 0 aliphatic heterocycles. The van der Waals surface area contributed by atoms with Gasteiger partial charge in [-0.1, -0.05) is 7.43 Å². The summed E-state index contributed by atoms with van der Waals surface area (Å²) in [4.78, 5) is 88.4. The van der Waals surface area contributed by atoms with Gasteiger partial charge >= 0.3 is 39.3 Å². The monoisotopic (exact) mass is 504 g/mol. The Morgan fingerprint density at radius 1 is 0.839 bits per heavy atom. The zero-order valence-corrected chi connectivity index (χ0v) is 16.8. The lowest BCUT2D eigenvalue weighted by Crippen LogP contribution is -2.35. The predicted octanol–water partition coefficient (Wildman–Crippen LogP) is -3.57. The summed E-state index contributed by atoms with van der Waals surface area (Å²) in [6.45, 7) is 0.111. The van der Waals surface area contributed by atoms with Crippen molar-refractivity contribution in [3.63, 3.8) is 0 Å². The second-order valence-electron chi connectivity index (χ2n) is 4.31. The number of rotatable bonds is 10. The topological polar surface area (TPSA) is 325 Å². The smallest absolute Gasteiger partial charge is 0.373 e. The summed E-state index contributed by atoms with van der Waals surface area (Å²) < 4.78 is 20.5. The zero-order chi connectivity index (χ0) is 24.3. The van der Waals surface area contributed by atoms with Gasteiger partial charge in [0.25, 0.3) is 0 Å². The van der Waals surface area contributed by atoms with Crippen molar-refractivity contribution < 1.29 is 78.3 Å². The van der Waals surface area contributed by atoms with E-state index in [0.717, 1.165) is 0 Å². The van der Waals surface area contributed by atoms with Crippen LogP contribution in [0.1, 0.15) is 7.43 Å². The Morgan fingerprint density at radius 3 is 1.35 bits per heavy atom. The van der Waals surface area contributed by atoms with Crippen molar-refractivity contribution in [1.82, 2.24) is 10.2 Å². The van der Waals surface area contributed by atoms with Crippen molar-refractivity contribution in [1.29, 1.82) is 0 Å². The van der Waals surface area contributed by atoms with Crippen LogP contribution in [0, 0.1) is 0 Å². The minimum atomic E-state index is -4.44. The number of carbonyl (C=O) groups is 4. The van der Waals surface area contributed by atoms with Crippen molar-refractivity contribution >= 4 is 46.0 Å². The minimum Gasteiger partial charge on any atom is -0.480 e. The van der Waals surface area contributed by atoms with Crippen molar-refractivity contribution in [2.45, 2.75) is 7.43 Å². The molecule has 0 heterocycles. The van der Waals surface area contributed by atoms with Crippen LogP contribution in [-0.4, -0.2) is 108 Å². The number of carboxylic acid groups (broad SMARTS) is 3. The average molecular weight is 504 g/mol. The molecule has 0 radical (unpaired) electrons. The molecule has 0 fully saturated rings. The van der Waals surface area contributed by atoms with E-state index in [0.29, 0.717) is 4.90 Å². The number of nitrogens with zero attached hydrogens (tertiary/aromatic N) is 1. The summed E-state index contributed by atoms with van der Waals surface area (Å²) in [5.41, 5.74) is 0. The van der Waals surface area contributed by atoms with E-state index in [-0.39, 0.29) is 19.1 Å². The lowest BCUT2D eigenvalue weighted by molar-refractivity contribution is -0.191. The van der Waals surface area contributed by atoms with Crippen LogP contribution in [0.2, 0.25) is 0 Å². The van der Waals surface area contributed by atoms with Gasteiger partial charge in [0.2, 0.25) is 0 Å². The normalized spacial score (nSPS) is 9.32. The van der Waals surface area contributed by atoms with Crippen molar-refractivity contribution in [2.24, 2.45) is 0 Å². The highest BCUT2D eigenvalue weighted by Gasteiger charge is 2.22. The van der Waals surface area contributed by atoms with E-state index in [9.17, 15) is 23.5 Å². The molecule has 0 aromatic heterocycles. The lowest BCUT2D eigenvalue weighted by atomic mass is 10.5. The van der Waals surface area contributed by atoms with Crippen LogP contribution < -0.4 is 5.32 Å². The van der Waals surface area contributed by atoms with Crippen molar-refractivity contribution in [3.8, 4) is 0 Å². The third-order valence-electron chi connectivity index (χ3n) is 1.70. The van der Waals surface area contributed by atoms with Gasteiger partial charge in [-0.05, 0) is 0 Å². The molecule has 0 bridgehead atoms. The van der Waals surface area contributed by atoms with Gasteiger partial charge < -0.3 is 45.2 Å². The van der Waals surface area contributed by atoms with Crippen LogP contribution in [0.5, 0.6) is 0 Å². The van der Waals surface area contributed by atoms with Crippen LogP contribution in [0.25, 0.3) is 0 Å². The van der Waals surface area contributed by atoms with E-state index in [2.05, 4.69) is 5.32 Å². The Balaban J connectivity index is -0.0000000812. The number of nitrogens with one attached hydrogen (secondary N) is 1. The van der Waals surface area contributed by atoms with Gasteiger partial charge in [-0.25, -0.2) is 0 Å². The summed E-state index contributed by atoms with van der Waals surface area (Å²) in [5.74, 6) is -3.84. The highest BCUT2D eigenvalue weighted by atomic mass is 31.2. The number of hydrogen-bond acceptors (Lipinski definition) is 10. The molecule has 0 aromatic rings. The summed E-state index contributed by atoms with van der Waals surface area (Å²) in [6, 6.07) is 0. The maximum Gasteiger partial charge on any atom is 0.373 e. The Hall–Kier alpha value is -2.36. The van der Waals surface area contributed by atoms with Gasteiger partial charge in [-0.15, -0.1) is 0 Å². The lowest BCUT2D eigenvalue weighted by Gasteiger charge is -2.17. The Labute approximate surface area is 175 Å². The fourth-order valence-corrected chi connectivity index (χ4v) is 2.23. The molecule has 0 aliphatic rings. The first-order chi connectivity index (χ1) is 13.0. The fraction of sp³-hybridized carbons (Fsp3) is 0.545. The summed E-state index contributed by atoms with van der Waals surface area (Å²) in [5, 5.41) is 26.7. The summed E-state index contributed by atoms with van der Waals surface area (Å²) >= 11 is 0. The Bertz CT molecular complexity index is 607. The van der Waals surface area contributed by atoms with Crippen LogP contribution >= 0.6 is 15.2 Å². The average Bonchev–Trinajstić information content (AvgIpc) is 2.45. The van der Waals surface area contributed by atoms with Gasteiger partial charge in [-0.3, -0.25) is 33.7 Å². The van der Waals surface area contributed by atoms with Crippen LogP contribution in [0.15, 0.2) is 0 Å². The molecule has 0 saturated heterocycles. The number of aliphatic carboxylic acids is 3. The predicted molar refractivity (Wildman–Crippen MR) is 98.8 cm³/mol. The largest absolute Gasteiger partial charge is 0.480 e. The van der Waals surface area contributed by atoms with E-state index in [1.54, 1.807) is 0 Å². The molecule has 0 saturated carbocycles. The number of carboxylic acids is 3. The first kappa shape index (κ1) is 42.7. The minimum absolute atomic E-state index is 0. The van der Waals surface area contributed by atoms with Gasteiger partial charge in [0, 0.05) is 0 Å². The van der Waals surface area contributed by atoms with E-state index < -0.39 is 65.3 Å². The molecular formula is C11H26N2O16P2. The quantitative estimate of drug-likeness (QED) is 0.133. The highest BCUT2D eigenvalue weighted by molar-refractivity contribution is 7.51. The third kappa shape index (κ3) is 58.4. The van der Waals surface area contributed by atoms with E-state index >= 15 is 0 Å². The van der Waals surface area contributed by atoms with Gasteiger partial charge in [0.1, 0.15) is 13.1 Å². The van der Waals surface area contributed by atoms with E-state index in [1.807, 2.05) is 6.79 Å². The molecule has 0 amide bonds. The molecule has 0 aromatic carbocycles. The zero-order valence-electron chi connectivity index (χ0n) is 15.0. The molecule has 0 rings (SSSR count). The molecule has 0 aliphatic carbocycles. The number of carbonyl (C=O) groups excluding carboxylic acids is 3. The molecule has 0 atom stereocenters. The standard InChI is InChI=1S/C5H10NO7P.C3H8NO5P.CO2.CH2O.CH4.H2O/c7-4(8)1-6(2-5(9)10)3-14(11,12)13;5-3(6)1-4-2-10(7,8)9;2-1-3;1-2;;/h1-3H2,(H,7,8)(H,9,10)(H2,11,12,13);4H,1-2H2,(H,5,6)(H2,7,8,9);;1H2;1H4;1H2. The molecule has 0 spiro atoms. The van der Waals surface area contributed by atoms with Gasteiger partial charge in [0.05, 0.1) is 25.9 Å². The van der Waals surface area contributed by atoms with Crippen LogP contribution in [0.4, 0.5) is 0 Å². The summed E-state index contributed by atoms with van der Waals surface area (Å²) in [6.07, 6.45) is -1.23. The van der Waals surface area contributed by atoms with Crippen molar-refractivity contribution in [3.05, 3.63) is 0 Å². The van der Waals surface area contributed by atoms with Gasteiger partial charge in [-0.2, -0.15) is 9.59 Å². The third-order valence-corrected chi connectivity index (χ3v) is 3.10. The maximum absolute atomic E-state index is 10.5. The Morgan fingerprint density at radius 2 is 1.16 bits per heavy atom. The fourth-order valence-electron chi connectivity index (χ4n) is 1.11. The summed E-state index contributed by atoms with van der Waals surface area (Å²) in [7, 11) is -8.53. The molecule has 18 nitrogen and oxygen atoms in total. The highest BCUT2D eigenvalue weighted by Crippen LogP contribution is 2.34. The second-order valence-corrected chi connectivity index (χ2v) is 7.57. The van der Waals surface area contributed by atoms with Crippen LogP contribution in [-0.2, 0) is 37.9 Å². The molecule has 10 N–H and O–H groups in total. The van der Waals surface area contributed by atoms with Gasteiger partial charge in [0.15, 0.2) is 0 Å². The van der Waals surface area contributed by atoms with Crippen LogP contribution in [0.3, 0.4) is 0 Å². The SMILES string of the molecule is C.C=O.O.O=C(O)CN(CC(=O)O)CP(=O)(O)O.O=C(O)CNCP(=O)(O)O.O=C=O. The Kier molecular flexibility index (Phi) is 32.9. The molecule has 186 valence electrons. The van der Waals surface area contributed by atoms with Crippen molar-refractivity contribution in [2.75, 3.05) is 32.2 Å². The molecule has 20 heteroatoms. The van der Waals surface area contributed by atoms with E-state index in [4.69, 9.17) is 49.3 Å². The second kappa shape index (κ2) is 23.9. The first-order valence-electron chi connectivity index (χ1n) is 6.49. The first-order valence-corrected chi connectivity index (χ1v) is 10.1.